The Balaban J connectivity index is 2.13. The van der Waals surface area contributed by atoms with Crippen LogP contribution in [0.4, 0.5) is 5.69 Å². The van der Waals surface area contributed by atoms with Crippen molar-refractivity contribution in [1.82, 2.24) is 14.9 Å². The molecule has 2 rings (SSSR count). The lowest BCUT2D eigenvalue weighted by atomic mass is 10.1. The molecule has 13 nitrogen and oxygen atoms in total. The lowest BCUT2D eigenvalue weighted by molar-refractivity contribution is -0.149. The first kappa shape index (κ1) is 34.5. The van der Waals surface area contributed by atoms with Gasteiger partial charge >= 0.3 is 5.97 Å². The average Bonchev–Trinajstić information content (AvgIpc) is 2.93. The number of halogens is 1. The molecule has 42 heavy (non-hydrogen) atoms. The number of ether oxygens (including phenoxy) is 1. The fourth-order valence-electron chi connectivity index (χ4n) is 3.56. The maximum atomic E-state index is 13.4. The number of rotatable bonds is 14. The summed E-state index contributed by atoms with van der Waals surface area (Å²) in [5.41, 5.74) is 12.9. The van der Waals surface area contributed by atoms with Crippen molar-refractivity contribution in [2.75, 3.05) is 19.0 Å². The maximum absolute atomic E-state index is 13.4. The number of amides is 2. The summed E-state index contributed by atoms with van der Waals surface area (Å²) < 4.78 is 33.5. The molecule has 0 saturated heterocycles. The van der Waals surface area contributed by atoms with Crippen LogP contribution in [0.1, 0.15) is 31.9 Å². The summed E-state index contributed by atoms with van der Waals surface area (Å²) in [4.78, 5) is 39.7. The molecule has 230 valence electrons. The van der Waals surface area contributed by atoms with Gasteiger partial charge in [0.15, 0.2) is 5.96 Å². The molecule has 0 spiro atoms. The van der Waals surface area contributed by atoms with E-state index in [4.69, 9.17) is 33.2 Å². The highest BCUT2D eigenvalue weighted by Gasteiger charge is 2.33. The third-order valence-corrected chi connectivity index (χ3v) is 7.89. The van der Waals surface area contributed by atoms with Crippen molar-refractivity contribution in [2.24, 2.45) is 17.4 Å². The number of benzene rings is 2. The minimum Gasteiger partial charge on any atom is -0.462 e. The largest absolute Gasteiger partial charge is 0.462 e. The molecule has 1 unspecified atom stereocenters. The molecule has 8 N–H and O–H groups in total. The van der Waals surface area contributed by atoms with Gasteiger partial charge in [0, 0.05) is 24.3 Å². The number of hydrogen-bond donors (Lipinski definition) is 6. The number of nitrogens with one attached hydrogen (secondary N) is 4. The highest BCUT2D eigenvalue weighted by Crippen LogP contribution is 2.13. The van der Waals surface area contributed by atoms with Crippen LogP contribution < -0.4 is 26.8 Å². The number of anilines is 1. The van der Waals surface area contributed by atoms with Crippen molar-refractivity contribution in [3.05, 3.63) is 64.7 Å². The lowest BCUT2D eigenvalue weighted by Crippen LogP contribution is -2.55. The van der Waals surface area contributed by atoms with Gasteiger partial charge in [-0.15, -0.1) is 0 Å². The van der Waals surface area contributed by atoms with Gasteiger partial charge in [0.05, 0.1) is 5.75 Å². The van der Waals surface area contributed by atoms with Gasteiger partial charge in [0.25, 0.3) is 0 Å². The molecule has 0 radical (unpaired) electrons. The molecule has 0 aliphatic rings. The predicted octanol–water partition coefficient (Wildman–Crippen LogP) is 1.12. The van der Waals surface area contributed by atoms with E-state index in [9.17, 15) is 22.8 Å². The zero-order chi connectivity index (χ0) is 31.6. The Morgan fingerprint density at radius 3 is 2.14 bits per heavy atom. The molecular formula is C27H38ClN7O6S. The van der Waals surface area contributed by atoms with Gasteiger partial charge in [0.2, 0.25) is 21.8 Å². The zero-order valence-corrected chi connectivity index (χ0v) is 25.5. The maximum Gasteiger partial charge on any atom is 0.323 e. The Morgan fingerprint density at radius 1 is 1.02 bits per heavy atom. The van der Waals surface area contributed by atoms with Crippen LogP contribution in [0.2, 0.25) is 5.02 Å². The quantitative estimate of drug-likeness (QED) is 0.101. The summed E-state index contributed by atoms with van der Waals surface area (Å²) in [6, 6.07) is 9.48. The topological polar surface area (TPSA) is 210 Å². The van der Waals surface area contributed by atoms with Crippen LogP contribution in [0.15, 0.2) is 48.5 Å². The minimum atomic E-state index is -4.10. The minimum absolute atomic E-state index is 0.146. The molecule has 0 saturated carbocycles. The van der Waals surface area contributed by atoms with E-state index in [0.29, 0.717) is 16.3 Å². The van der Waals surface area contributed by atoms with Crippen molar-refractivity contribution in [1.29, 1.82) is 5.41 Å². The predicted molar refractivity (Wildman–Crippen MR) is 161 cm³/mol. The van der Waals surface area contributed by atoms with Crippen LogP contribution in [-0.4, -0.2) is 68.8 Å². The van der Waals surface area contributed by atoms with E-state index in [0.717, 1.165) is 10.5 Å². The zero-order valence-electron chi connectivity index (χ0n) is 23.9. The molecule has 15 heteroatoms. The number of esters is 1. The van der Waals surface area contributed by atoms with Crippen LogP contribution in [-0.2, 0) is 41.4 Å². The molecule has 0 heterocycles. The first-order valence-electron chi connectivity index (χ1n) is 13.0. The first-order valence-corrected chi connectivity index (χ1v) is 15.0. The second-order valence-corrected chi connectivity index (χ2v) is 12.2. The Morgan fingerprint density at radius 2 is 1.60 bits per heavy atom. The third kappa shape index (κ3) is 10.9. The number of sulfonamides is 1. The van der Waals surface area contributed by atoms with Crippen molar-refractivity contribution in [2.45, 2.75) is 51.2 Å². The van der Waals surface area contributed by atoms with Gasteiger partial charge < -0.3 is 31.7 Å². The summed E-state index contributed by atoms with van der Waals surface area (Å²) in [5, 5.41) is 13.1. The van der Waals surface area contributed by atoms with E-state index in [1.807, 2.05) is 0 Å². The SMILES string of the molecule is CC(C)C(N)C(=O)OC[C@@H](NS(=O)(=O)Cc1ccc(Cl)cc1)C(=O)N(C)[C@@H](C)C(=O)NCc1ccc(NC(=N)N)cc1. The monoisotopic (exact) mass is 623 g/mol. The summed E-state index contributed by atoms with van der Waals surface area (Å²) in [5.74, 6) is -3.01. The Bertz CT molecular complexity index is 1350. The molecule has 0 aliphatic carbocycles. The fourth-order valence-corrected chi connectivity index (χ4v) is 5.00. The van der Waals surface area contributed by atoms with Crippen molar-refractivity contribution in [3.8, 4) is 0 Å². The molecule has 0 bridgehead atoms. The Kier molecular flexibility index (Phi) is 12.7. The summed E-state index contributed by atoms with van der Waals surface area (Å²) in [7, 11) is -2.76. The van der Waals surface area contributed by atoms with Crippen molar-refractivity contribution < 1.29 is 27.5 Å². The molecule has 3 atom stereocenters. The molecule has 2 aromatic carbocycles. The molecule has 0 aliphatic heterocycles. The Hall–Kier alpha value is -3.72. The molecule has 2 amide bonds. The number of guanidine groups is 1. The van der Waals surface area contributed by atoms with Crippen LogP contribution in [0.5, 0.6) is 0 Å². The van der Waals surface area contributed by atoms with Gasteiger partial charge in [0.1, 0.15) is 24.7 Å². The lowest BCUT2D eigenvalue weighted by Gasteiger charge is -2.29. The standard InChI is InChI=1S/C27H38ClN7O6S/c1-16(2)23(29)26(38)41-14-22(34-42(39,40)15-19-5-9-20(28)10-6-19)25(37)35(4)17(3)24(36)32-13-18-7-11-21(12-8-18)33-27(30)31/h5-12,16-17,22-23,34H,13-15,29H2,1-4H3,(H,32,36)(H4,30,31,33)/t17-,22+,23?/m0/s1. The normalized spacial score (nSPS) is 13.5. The van der Waals surface area contributed by atoms with Crippen LogP contribution in [0.3, 0.4) is 0 Å². The first-order chi connectivity index (χ1) is 19.6. The van der Waals surface area contributed by atoms with E-state index in [1.165, 1.54) is 38.2 Å². The second-order valence-electron chi connectivity index (χ2n) is 10.0. The third-order valence-electron chi connectivity index (χ3n) is 6.28. The van der Waals surface area contributed by atoms with Crippen LogP contribution in [0.25, 0.3) is 0 Å². The smallest absolute Gasteiger partial charge is 0.323 e. The molecular weight excluding hydrogens is 586 g/mol. The van der Waals surface area contributed by atoms with E-state index >= 15 is 0 Å². The van der Waals surface area contributed by atoms with Crippen LogP contribution in [0, 0.1) is 11.3 Å². The van der Waals surface area contributed by atoms with E-state index in [2.05, 4.69) is 15.4 Å². The number of nitrogens with zero attached hydrogens (tertiary/aromatic N) is 1. The number of likely N-dealkylation sites (N-methyl/N-ethyl adjacent to an activating group) is 1. The average molecular weight is 624 g/mol. The van der Waals surface area contributed by atoms with Gasteiger partial charge in [-0.1, -0.05) is 49.7 Å². The van der Waals surface area contributed by atoms with E-state index in [1.54, 1.807) is 38.1 Å². The van der Waals surface area contributed by atoms with Gasteiger partial charge in [-0.25, -0.2) is 8.42 Å². The van der Waals surface area contributed by atoms with E-state index in [-0.39, 0.29) is 18.4 Å². The van der Waals surface area contributed by atoms with Gasteiger partial charge in [-0.2, -0.15) is 4.72 Å². The summed E-state index contributed by atoms with van der Waals surface area (Å²) >= 11 is 5.88. The number of nitrogens with two attached hydrogens (primary N) is 2. The highest BCUT2D eigenvalue weighted by atomic mass is 35.5. The summed E-state index contributed by atoms with van der Waals surface area (Å²) in [6.45, 7) is 4.43. The van der Waals surface area contributed by atoms with Gasteiger partial charge in [-0.05, 0) is 48.2 Å². The number of hydrogen-bond acceptors (Lipinski definition) is 8. The molecule has 2 aromatic rings. The van der Waals surface area contributed by atoms with Crippen molar-refractivity contribution in [3.63, 3.8) is 0 Å². The van der Waals surface area contributed by atoms with Crippen LogP contribution >= 0.6 is 11.6 Å². The number of carbonyl (C=O) groups excluding carboxylic acids is 3. The fraction of sp³-hybridized carbons (Fsp3) is 0.407. The van der Waals surface area contributed by atoms with Crippen molar-refractivity contribution >= 4 is 51.1 Å². The number of carbonyl (C=O) groups is 3. The molecule has 0 aromatic heterocycles. The molecule has 0 fully saturated rings. The van der Waals surface area contributed by atoms with E-state index < -0.39 is 58.3 Å². The second kappa shape index (κ2) is 15.5. The van der Waals surface area contributed by atoms with Gasteiger partial charge in [-0.3, -0.25) is 19.8 Å². The Labute approximate surface area is 250 Å². The summed E-state index contributed by atoms with van der Waals surface area (Å²) in [6.07, 6.45) is 0. The highest BCUT2D eigenvalue weighted by molar-refractivity contribution is 7.88.